The molecule has 2 heterocycles. The first-order chi connectivity index (χ1) is 7.61. The van der Waals surface area contributed by atoms with E-state index < -0.39 is 12.1 Å². The van der Waals surface area contributed by atoms with Crippen molar-refractivity contribution in [2.24, 2.45) is 0 Å². The van der Waals surface area contributed by atoms with Crippen LogP contribution in [0.4, 0.5) is 0 Å². The number of carboxylic acid groups (broad SMARTS) is 1. The van der Waals surface area contributed by atoms with E-state index in [0.717, 1.165) is 5.75 Å². The number of carboxylic acids is 1. The molecule has 88 valence electrons. The number of carbonyl (C=O) groups is 2. The molecule has 16 heavy (non-hydrogen) atoms. The van der Waals surface area contributed by atoms with Gasteiger partial charge in [0.05, 0.1) is 4.24 Å². The smallest absolute Gasteiger partial charge is 0.354 e. The van der Waals surface area contributed by atoms with Crippen LogP contribution in [0.1, 0.15) is 6.92 Å². The van der Waals surface area contributed by atoms with Gasteiger partial charge in [0, 0.05) is 7.11 Å². The van der Waals surface area contributed by atoms with Crippen LogP contribution >= 0.6 is 23.5 Å². The number of amides is 1. The maximum atomic E-state index is 11.6. The van der Waals surface area contributed by atoms with Gasteiger partial charge in [-0.1, -0.05) is 18.7 Å². The summed E-state index contributed by atoms with van der Waals surface area (Å²) in [6.07, 6.45) is -0.505. The summed E-state index contributed by atoms with van der Waals surface area (Å²) in [5, 5.41) is 8.89. The number of thioether (sulfide) groups is 2. The van der Waals surface area contributed by atoms with Gasteiger partial charge in [0.25, 0.3) is 5.91 Å². The number of hydrogen-bond acceptors (Lipinski definition) is 5. The number of hydrogen-bond donors (Lipinski definition) is 1. The first-order valence-electron chi connectivity index (χ1n) is 4.74. The van der Waals surface area contributed by atoms with Gasteiger partial charge in [-0.05, 0) is 5.75 Å². The van der Waals surface area contributed by atoms with Gasteiger partial charge < -0.3 is 9.84 Å². The molecule has 2 aliphatic heterocycles. The average Bonchev–Trinajstić information content (AvgIpc) is 2.55. The van der Waals surface area contributed by atoms with Crippen LogP contribution in [0.3, 0.4) is 0 Å². The monoisotopic (exact) mass is 261 g/mol. The zero-order valence-corrected chi connectivity index (χ0v) is 10.4. The molecule has 1 saturated heterocycles. The highest BCUT2D eigenvalue weighted by molar-refractivity contribution is 8.22. The zero-order valence-electron chi connectivity index (χ0n) is 8.80. The van der Waals surface area contributed by atoms with E-state index in [2.05, 4.69) is 0 Å². The molecule has 0 spiro atoms. The third kappa shape index (κ3) is 1.54. The highest BCUT2D eigenvalue weighted by Crippen LogP contribution is 2.51. The molecule has 0 aromatic rings. The summed E-state index contributed by atoms with van der Waals surface area (Å²) in [7, 11) is 1.46. The molecule has 0 aromatic carbocycles. The van der Waals surface area contributed by atoms with Crippen molar-refractivity contribution in [3.63, 3.8) is 0 Å². The van der Waals surface area contributed by atoms with Gasteiger partial charge in [0.1, 0.15) is 5.37 Å². The molecular formula is C9H11NO4S2. The Morgan fingerprint density at radius 3 is 2.88 bits per heavy atom. The number of methoxy groups -OCH3 is 1. The molecular weight excluding hydrogens is 250 g/mol. The van der Waals surface area contributed by atoms with Crippen LogP contribution in [0.15, 0.2) is 9.93 Å². The minimum Gasteiger partial charge on any atom is -0.477 e. The van der Waals surface area contributed by atoms with E-state index in [-0.39, 0.29) is 17.0 Å². The largest absolute Gasteiger partial charge is 0.477 e. The van der Waals surface area contributed by atoms with Crippen molar-refractivity contribution >= 4 is 35.4 Å². The van der Waals surface area contributed by atoms with Crippen molar-refractivity contribution < 1.29 is 19.4 Å². The maximum absolute atomic E-state index is 11.6. The summed E-state index contributed by atoms with van der Waals surface area (Å²) in [5.41, 5.74) is 0.111. The second kappa shape index (κ2) is 4.31. The minimum atomic E-state index is -1.05. The molecule has 0 bridgehead atoms. The number of carbonyl (C=O) groups excluding carboxylic acids is 1. The van der Waals surface area contributed by atoms with Crippen LogP contribution < -0.4 is 0 Å². The predicted octanol–water partition coefficient (Wildman–Crippen LogP) is 0.923. The summed E-state index contributed by atoms with van der Waals surface area (Å²) in [4.78, 5) is 24.0. The third-order valence-electron chi connectivity index (χ3n) is 2.39. The van der Waals surface area contributed by atoms with Crippen LogP contribution in [-0.2, 0) is 14.3 Å². The van der Waals surface area contributed by atoms with Crippen molar-refractivity contribution in [2.45, 2.75) is 18.4 Å². The number of ether oxygens (including phenoxy) is 1. The quantitative estimate of drug-likeness (QED) is 0.759. The molecule has 1 fully saturated rings. The van der Waals surface area contributed by atoms with Crippen molar-refractivity contribution in [2.75, 3.05) is 12.9 Å². The first kappa shape index (κ1) is 11.8. The minimum absolute atomic E-state index is 0.111. The van der Waals surface area contributed by atoms with Crippen molar-refractivity contribution in [1.82, 2.24) is 4.90 Å². The fourth-order valence-corrected chi connectivity index (χ4v) is 4.38. The van der Waals surface area contributed by atoms with Gasteiger partial charge in [-0.3, -0.25) is 9.69 Å². The van der Waals surface area contributed by atoms with E-state index in [4.69, 9.17) is 9.84 Å². The van der Waals surface area contributed by atoms with Crippen LogP contribution in [0.2, 0.25) is 0 Å². The lowest BCUT2D eigenvalue weighted by molar-refractivity contribution is -0.161. The Hall–Kier alpha value is -0.660. The van der Waals surface area contributed by atoms with Gasteiger partial charge in [-0.25, -0.2) is 4.79 Å². The highest BCUT2D eigenvalue weighted by atomic mass is 32.2. The molecule has 2 rings (SSSR count). The topological polar surface area (TPSA) is 66.8 Å². The van der Waals surface area contributed by atoms with E-state index >= 15 is 0 Å². The van der Waals surface area contributed by atoms with Crippen LogP contribution in [0, 0.1) is 0 Å². The Morgan fingerprint density at radius 2 is 2.38 bits per heavy atom. The molecule has 1 unspecified atom stereocenters. The lowest BCUT2D eigenvalue weighted by Crippen LogP contribution is -2.61. The van der Waals surface area contributed by atoms with Gasteiger partial charge in [-0.15, -0.1) is 11.8 Å². The molecule has 2 aliphatic rings. The van der Waals surface area contributed by atoms with Crippen LogP contribution in [0.5, 0.6) is 0 Å². The standard InChI is InChI=1S/C9H11NO4S2/c1-3-15-9-4(8(12)13)10-6(11)5(14-2)7(10)16-9/h5,7H,3H2,1-2H3,(H,12,13)/t5?,7-/m1/s1. The lowest BCUT2D eigenvalue weighted by atomic mass is 10.1. The number of aliphatic carboxylic acids is 1. The van der Waals surface area contributed by atoms with Gasteiger partial charge in [0.15, 0.2) is 11.8 Å². The van der Waals surface area contributed by atoms with E-state index in [0.29, 0.717) is 4.24 Å². The average molecular weight is 261 g/mol. The summed E-state index contributed by atoms with van der Waals surface area (Å²) >= 11 is 2.85. The highest BCUT2D eigenvalue weighted by Gasteiger charge is 2.56. The van der Waals surface area contributed by atoms with Gasteiger partial charge >= 0.3 is 5.97 Å². The predicted molar refractivity (Wildman–Crippen MR) is 61.8 cm³/mol. The Balaban J connectivity index is 2.26. The second-order valence-corrected chi connectivity index (χ2v) is 5.91. The SMILES string of the molecule is CCSC1=C(C(=O)O)N2C(=O)C(OC)[C@H]2S1. The Labute approximate surface area is 101 Å². The first-order valence-corrected chi connectivity index (χ1v) is 6.61. The van der Waals surface area contributed by atoms with E-state index in [1.165, 1.54) is 35.5 Å². The molecule has 0 radical (unpaired) electrons. The summed E-state index contributed by atoms with van der Waals surface area (Å²) in [6.45, 7) is 1.95. The van der Waals surface area contributed by atoms with E-state index in [1.807, 2.05) is 6.92 Å². The molecule has 1 N–H and O–H groups in total. The Kier molecular flexibility index (Phi) is 3.18. The molecule has 5 nitrogen and oxygen atoms in total. The molecule has 0 aromatic heterocycles. The van der Waals surface area contributed by atoms with Gasteiger partial charge in [-0.2, -0.15) is 0 Å². The molecule has 7 heteroatoms. The lowest BCUT2D eigenvalue weighted by Gasteiger charge is -2.40. The number of fused-ring (bicyclic) bond motifs is 1. The van der Waals surface area contributed by atoms with Crippen molar-refractivity contribution in [3.05, 3.63) is 9.93 Å². The van der Waals surface area contributed by atoms with E-state index in [1.54, 1.807) is 0 Å². The molecule has 0 saturated carbocycles. The summed E-state index contributed by atoms with van der Waals surface area (Å²) in [6, 6.07) is 0. The number of β-lactam (4-membered cyclic amide) rings is 1. The van der Waals surface area contributed by atoms with E-state index in [9.17, 15) is 9.59 Å². The molecule has 0 aliphatic carbocycles. The zero-order chi connectivity index (χ0) is 11.9. The fraction of sp³-hybridized carbons (Fsp3) is 0.556. The van der Waals surface area contributed by atoms with Crippen LogP contribution in [0.25, 0.3) is 0 Å². The molecule has 2 atom stereocenters. The maximum Gasteiger partial charge on any atom is 0.354 e. The normalized spacial score (nSPS) is 28.1. The Morgan fingerprint density at radius 1 is 1.69 bits per heavy atom. The summed E-state index contributed by atoms with van der Waals surface area (Å²) in [5.74, 6) is -0.524. The third-order valence-corrected chi connectivity index (χ3v) is 4.88. The summed E-state index contributed by atoms with van der Waals surface area (Å²) < 4.78 is 5.73. The number of rotatable bonds is 4. The van der Waals surface area contributed by atoms with Crippen molar-refractivity contribution in [1.29, 1.82) is 0 Å². The van der Waals surface area contributed by atoms with Crippen LogP contribution in [-0.4, -0.2) is 46.2 Å². The molecule has 1 amide bonds. The fourth-order valence-electron chi connectivity index (χ4n) is 1.69. The van der Waals surface area contributed by atoms with Crippen molar-refractivity contribution in [3.8, 4) is 0 Å². The Bertz CT molecular complexity index is 382. The van der Waals surface area contributed by atoms with Gasteiger partial charge in [0.2, 0.25) is 0 Å². The number of nitrogens with zero attached hydrogens (tertiary/aromatic N) is 1. The second-order valence-electron chi connectivity index (χ2n) is 3.25.